The Morgan fingerprint density at radius 1 is 1.29 bits per heavy atom. The van der Waals surface area contributed by atoms with Crippen LogP contribution in [0.5, 0.6) is 0 Å². The number of aromatic nitrogens is 2. The molecule has 3 amide bonds. The zero-order chi connectivity index (χ0) is 20.3. The fourth-order valence-electron chi connectivity index (χ4n) is 3.31. The normalized spacial score (nSPS) is 23.8. The lowest BCUT2D eigenvalue weighted by Crippen LogP contribution is -2.63. The Labute approximate surface area is 162 Å². The van der Waals surface area contributed by atoms with Crippen molar-refractivity contribution in [2.45, 2.75) is 24.9 Å². The lowest BCUT2D eigenvalue weighted by molar-refractivity contribution is -0.132. The summed E-state index contributed by atoms with van der Waals surface area (Å²) in [5, 5.41) is 5.28. The fourth-order valence-corrected chi connectivity index (χ4v) is 4.35. The Morgan fingerprint density at radius 3 is 2.71 bits per heavy atom. The van der Waals surface area contributed by atoms with Gasteiger partial charge < -0.3 is 15.5 Å². The smallest absolute Gasteiger partial charge is 0.274 e. The summed E-state index contributed by atoms with van der Waals surface area (Å²) in [5.41, 5.74) is 0.112. The Kier molecular flexibility index (Phi) is 5.89. The molecule has 0 spiro atoms. The molecule has 2 atom stereocenters. The minimum absolute atomic E-state index is 0.0280. The molecule has 0 saturated carbocycles. The van der Waals surface area contributed by atoms with Crippen molar-refractivity contribution in [1.29, 1.82) is 0 Å². The highest BCUT2D eigenvalue weighted by molar-refractivity contribution is 7.88. The zero-order valence-corrected chi connectivity index (χ0v) is 16.2. The molecule has 0 unspecified atom stereocenters. The average Bonchev–Trinajstić information content (AvgIpc) is 2.68. The van der Waals surface area contributed by atoms with E-state index in [0.29, 0.717) is 19.4 Å². The molecule has 2 N–H and O–H groups in total. The van der Waals surface area contributed by atoms with Gasteiger partial charge in [-0.1, -0.05) is 0 Å². The zero-order valence-electron chi connectivity index (χ0n) is 15.4. The molecule has 1 aromatic heterocycles. The molecule has 0 aromatic carbocycles. The number of nitrogens with zero attached hydrogens (tertiary/aromatic N) is 4. The molecule has 28 heavy (non-hydrogen) atoms. The largest absolute Gasteiger partial charge is 0.354 e. The van der Waals surface area contributed by atoms with Crippen LogP contribution in [0.25, 0.3) is 0 Å². The van der Waals surface area contributed by atoms with Crippen LogP contribution in [0.4, 0.5) is 0 Å². The van der Waals surface area contributed by atoms with Crippen molar-refractivity contribution in [3.63, 3.8) is 0 Å². The molecule has 2 aliphatic rings. The van der Waals surface area contributed by atoms with E-state index in [2.05, 4.69) is 20.6 Å². The number of piperazine rings is 1. The number of amides is 3. The summed E-state index contributed by atoms with van der Waals surface area (Å²) in [4.78, 5) is 46.5. The van der Waals surface area contributed by atoms with Crippen molar-refractivity contribution in [3.8, 4) is 0 Å². The van der Waals surface area contributed by atoms with Gasteiger partial charge in [0.05, 0.1) is 12.5 Å². The molecule has 2 aliphatic heterocycles. The molecule has 11 nitrogen and oxygen atoms in total. The quantitative estimate of drug-likeness (QED) is 0.582. The van der Waals surface area contributed by atoms with Gasteiger partial charge in [0.1, 0.15) is 17.8 Å². The van der Waals surface area contributed by atoms with Gasteiger partial charge in [0.15, 0.2) is 0 Å². The van der Waals surface area contributed by atoms with Gasteiger partial charge in [-0.05, 0) is 12.8 Å². The maximum absolute atomic E-state index is 12.8. The van der Waals surface area contributed by atoms with Gasteiger partial charge in [0, 0.05) is 38.6 Å². The highest BCUT2D eigenvalue weighted by Crippen LogP contribution is 2.16. The van der Waals surface area contributed by atoms with Crippen molar-refractivity contribution in [3.05, 3.63) is 24.3 Å². The summed E-state index contributed by atoms with van der Waals surface area (Å²) in [5.74, 6) is -1.34. The van der Waals surface area contributed by atoms with Crippen LogP contribution in [-0.2, 0) is 19.6 Å². The predicted molar refractivity (Wildman–Crippen MR) is 97.4 cm³/mol. The Balaban J connectivity index is 1.78. The monoisotopic (exact) mass is 410 g/mol. The maximum Gasteiger partial charge on any atom is 0.274 e. The standard InChI is InChI=1S/C16H22N6O5S/c1-28(26,27)22-8-7-21(16(25)12-9-17-5-6-18-12)10-13(22)15(24)20-11-3-2-4-19-14(11)23/h5-6,9,11,13H,2-4,7-8,10H2,1H3,(H,19,23)(H,20,24)/t11-,13+/m1/s1. The van der Waals surface area contributed by atoms with Crippen LogP contribution in [0.15, 0.2) is 18.6 Å². The van der Waals surface area contributed by atoms with Crippen LogP contribution in [0.3, 0.4) is 0 Å². The first-order chi connectivity index (χ1) is 13.3. The van der Waals surface area contributed by atoms with Gasteiger partial charge in [-0.2, -0.15) is 4.31 Å². The van der Waals surface area contributed by atoms with Crippen LogP contribution in [0.1, 0.15) is 23.3 Å². The minimum Gasteiger partial charge on any atom is -0.354 e. The number of piperidine rings is 1. The summed E-state index contributed by atoms with van der Waals surface area (Å²) >= 11 is 0. The minimum atomic E-state index is -3.68. The second kappa shape index (κ2) is 8.19. The first kappa shape index (κ1) is 20.1. The van der Waals surface area contributed by atoms with Crippen molar-refractivity contribution in [2.24, 2.45) is 0 Å². The average molecular weight is 410 g/mol. The van der Waals surface area contributed by atoms with Crippen LogP contribution in [-0.4, -0.2) is 89.8 Å². The van der Waals surface area contributed by atoms with Gasteiger partial charge in [-0.3, -0.25) is 19.4 Å². The van der Waals surface area contributed by atoms with E-state index in [-0.39, 0.29) is 31.2 Å². The Morgan fingerprint density at radius 2 is 2.07 bits per heavy atom. The molecule has 3 heterocycles. The van der Waals surface area contributed by atoms with E-state index in [1.807, 2.05) is 0 Å². The summed E-state index contributed by atoms with van der Waals surface area (Å²) in [6, 6.07) is -1.84. The highest BCUT2D eigenvalue weighted by atomic mass is 32.2. The molecule has 0 aliphatic carbocycles. The third-order valence-corrected chi connectivity index (χ3v) is 6.02. The third kappa shape index (κ3) is 4.44. The van der Waals surface area contributed by atoms with Crippen LogP contribution >= 0.6 is 0 Å². The number of rotatable bonds is 4. The van der Waals surface area contributed by atoms with E-state index in [1.165, 1.54) is 23.5 Å². The number of nitrogens with one attached hydrogen (secondary N) is 2. The van der Waals surface area contributed by atoms with E-state index in [1.54, 1.807) is 0 Å². The van der Waals surface area contributed by atoms with E-state index in [4.69, 9.17) is 0 Å². The SMILES string of the molecule is CS(=O)(=O)N1CCN(C(=O)c2cnccn2)C[C@H]1C(=O)N[C@@H]1CCCNC1=O. The molecule has 12 heteroatoms. The molecule has 0 bridgehead atoms. The van der Waals surface area contributed by atoms with E-state index in [0.717, 1.165) is 10.6 Å². The molecule has 0 radical (unpaired) electrons. The third-order valence-electron chi connectivity index (χ3n) is 4.73. The second-order valence-electron chi connectivity index (χ2n) is 6.73. The highest BCUT2D eigenvalue weighted by Gasteiger charge is 2.40. The molecular weight excluding hydrogens is 388 g/mol. The van der Waals surface area contributed by atoms with Gasteiger partial charge in [-0.25, -0.2) is 13.4 Å². The molecule has 3 rings (SSSR count). The van der Waals surface area contributed by atoms with Gasteiger partial charge in [-0.15, -0.1) is 0 Å². The van der Waals surface area contributed by atoms with Crippen LogP contribution in [0.2, 0.25) is 0 Å². The first-order valence-corrected chi connectivity index (χ1v) is 10.7. The Bertz CT molecular complexity index is 862. The van der Waals surface area contributed by atoms with Crippen molar-refractivity contribution in [1.82, 2.24) is 29.8 Å². The predicted octanol–water partition coefficient (Wildman–Crippen LogP) is -2.04. The van der Waals surface area contributed by atoms with E-state index < -0.39 is 33.9 Å². The van der Waals surface area contributed by atoms with Crippen LogP contribution in [0, 0.1) is 0 Å². The van der Waals surface area contributed by atoms with Gasteiger partial charge in [0.25, 0.3) is 5.91 Å². The topological polar surface area (TPSA) is 142 Å². The Hall–Kier alpha value is -2.60. The summed E-state index contributed by atoms with van der Waals surface area (Å²) in [7, 11) is -3.68. The molecule has 2 fully saturated rings. The summed E-state index contributed by atoms with van der Waals surface area (Å²) < 4.78 is 25.3. The lowest BCUT2D eigenvalue weighted by atomic mass is 10.1. The lowest BCUT2D eigenvalue weighted by Gasteiger charge is -2.39. The molecule has 1 aromatic rings. The van der Waals surface area contributed by atoms with Crippen LogP contribution < -0.4 is 10.6 Å². The molecule has 2 saturated heterocycles. The van der Waals surface area contributed by atoms with Crippen molar-refractivity contribution >= 4 is 27.7 Å². The van der Waals surface area contributed by atoms with E-state index in [9.17, 15) is 22.8 Å². The number of carbonyl (C=O) groups excluding carboxylic acids is 3. The maximum atomic E-state index is 12.8. The number of carbonyl (C=O) groups is 3. The molecule has 152 valence electrons. The number of hydrogen-bond acceptors (Lipinski definition) is 7. The molecular formula is C16H22N6O5S. The number of sulfonamides is 1. The fraction of sp³-hybridized carbons (Fsp3) is 0.562. The van der Waals surface area contributed by atoms with Crippen molar-refractivity contribution < 1.29 is 22.8 Å². The number of hydrogen-bond donors (Lipinski definition) is 2. The van der Waals surface area contributed by atoms with Gasteiger partial charge in [0.2, 0.25) is 21.8 Å². The van der Waals surface area contributed by atoms with Crippen molar-refractivity contribution in [2.75, 3.05) is 32.4 Å². The summed E-state index contributed by atoms with van der Waals surface area (Å²) in [6.45, 7) is 0.503. The second-order valence-corrected chi connectivity index (χ2v) is 8.66. The first-order valence-electron chi connectivity index (χ1n) is 8.87. The van der Waals surface area contributed by atoms with Gasteiger partial charge >= 0.3 is 0 Å². The summed E-state index contributed by atoms with van der Waals surface area (Å²) in [6.07, 6.45) is 6.34. The van der Waals surface area contributed by atoms with E-state index >= 15 is 0 Å².